The van der Waals surface area contributed by atoms with Crippen LogP contribution in [-0.2, 0) is 4.74 Å². The van der Waals surface area contributed by atoms with Gasteiger partial charge in [-0.1, -0.05) is 31.4 Å². The number of rotatable bonds is 7. The lowest BCUT2D eigenvalue weighted by molar-refractivity contribution is 0.230. The van der Waals surface area contributed by atoms with E-state index in [1.165, 1.54) is 0 Å². The van der Waals surface area contributed by atoms with Gasteiger partial charge >= 0.3 is 0 Å². The number of thiocarbonyl (C=S) groups is 2. The second kappa shape index (κ2) is 13.5. The predicted octanol–water partition coefficient (Wildman–Crippen LogP) is 2.18. The number of hydrogen-bond acceptors (Lipinski definition) is 6. The summed E-state index contributed by atoms with van der Waals surface area (Å²) < 4.78 is 5.05. The van der Waals surface area contributed by atoms with E-state index in [1.807, 2.05) is 26.0 Å². The van der Waals surface area contributed by atoms with Crippen molar-refractivity contribution in [2.75, 3.05) is 13.2 Å². The van der Waals surface area contributed by atoms with Gasteiger partial charge in [0.05, 0.1) is 6.61 Å². The van der Waals surface area contributed by atoms with E-state index >= 15 is 0 Å². The minimum Gasteiger partial charge on any atom is -0.497 e. The SMILES string of the molecule is CCCN/C(C)=C(/C#N)C(N)=S.CCO/C(C)=C(/C#N)C(N)=S. The lowest BCUT2D eigenvalue weighted by atomic mass is 10.2. The number of nitriles is 2. The summed E-state index contributed by atoms with van der Waals surface area (Å²) in [7, 11) is 0. The van der Waals surface area contributed by atoms with Gasteiger partial charge < -0.3 is 21.5 Å². The van der Waals surface area contributed by atoms with Gasteiger partial charge in [0.15, 0.2) is 0 Å². The first kappa shape index (κ1) is 23.1. The van der Waals surface area contributed by atoms with Crippen LogP contribution < -0.4 is 16.8 Å². The van der Waals surface area contributed by atoms with E-state index in [9.17, 15) is 0 Å². The molecule has 0 unspecified atom stereocenters. The monoisotopic (exact) mass is 353 g/mol. The van der Waals surface area contributed by atoms with Crippen LogP contribution in [0.5, 0.6) is 0 Å². The van der Waals surface area contributed by atoms with Crippen LogP contribution in [0.4, 0.5) is 0 Å². The number of ether oxygens (including phenoxy) is 1. The summed E-state index contributed by atoms with van der Waals surface area (Å²) in [4.78, 5) is 0.233. The highest BCUT2D eigenvalue weighted by Gasteiger charge is 2.04. The van der Waals surface area contributed by atoms with Gasteiger partial charge in [-0.05, 0) is 27.2 Å². The number of nitrogens with two attached hydrogens (primary N) is 2. The van der Waals surface area contributed by atoms with Crippen LogP contribution in [-0.4, -0.2) is 23.1 Å². The molecule has 6 nitrogen and oxygen atoms in total. The zero-order valence-corrected chi connectivity index (χ0v) is 15.5. The third-order valence-corrected chi connectivity index (χ3v) is 2.85. The summed E-state index contributed by atoms with van der Waals surface area (Å²) in [5.41, 5.74) is 12.0. The van der Waals surface area contributed by atoms with Gasteiger partial charge in [-0.3, -0.25) is 0 Å². The molecule has 0 bridgehead atoms. The van der Waals surface area contributed by atoms with Gasteiger partial charge in [-0.25, -0.2) is 0 Å². The molecule has 0 aromatic rings. The first-order valence-electron chi connectivity index (χ1n) is 6.94. The molecular formula is C15H23N5OS2. The average Bonchev–Trinajstić information content (AvgIpc) is 2.46. The van der Waals surface area contributed by atoms with Gasteiger partial charge in [0.1, 0.15) is 39.0 Å². The van der Waals surface area contributed by atoms with Crippen molar-refractivity contribution in [2.24, 2.45) is 11.5 Å². The molecule has 23 heavy (non-hydrogen) atoms. The number of nitrogens with zero attached hydrogens (tertiary/aromatic N) is 2. The van der Waals surface area contributed by atoms with E-state index in [0.717, 1.165) is 18.7 Å². The maximum atomic E-state index is 8.65. The normalized spacial score (nSPS) is 11.4. The van der Waals surface area contributed by atoms with Crippen LogP contribution >= 0.6 is 24.4 Å². The van der Waals surface area contributed by atoms with Crippen molar-refractivity contribution in [3.8, 4) is 12.1 Å². The van der Waals surface area contributed by atoms with Crippen molar-refractivity contribution in [3.05, 3.63) is 22.6 Å². The van der Waals surface area contributed by atoms with Crippen LogP contribution in [0.2, 0.25) is 0 Å². The van der Waals surface area contributed by atoms with Crippen molar-refractivity contribution in [2.45, 2.75) is 34.1 Å². The summed E-state index contributed by atoms with van der Waals surface area (Å²) in [6, 6.07) is 3.84. The maximum absolute atomic E-state index is 8.65. The first-order chi connectivity index (χ1) is 10.8. The Morgan fingerprint density at radius 2 is 1.52 bits per heavy atom. The lowest BCUT2D eigenvalue weighted by Crippen LogP contribution is -2.19. The molecule has 0 aliphatic heterocycles. The Morgan fingerprint density at radius 3 is 1.83 bits per heavy atom. The molecule has 0 aliphatic rings. The molecule has 5 N–H and O–H groups in total. The van der Waals surface area contributed by atoms with Crippen molar-refractivity contribution in [1.29, 1.82) is 10.5 Å². The largest absolute Gasteiger partial charge is 0.497 e. The van der Waals surface area contributed by atoms with E-state index in [-0.39, 0.29) is 15.6 Å². The van der Waals surface area contributed by atoms with E-state index in [4.69, 9.17) is 38.9 Å². The van der Waals surface area contributed by atoms with Crippen molar-refractivity contribution in [3.63, 3.8) is 0 Å². The van der Waals surface area contributed by atoms with Crippen molar-refractivity contribution >= 4 is 34.4 Å². The molecule has 0 fully saturated rings. The van der Waals surface area contributed by atoms with Gasteiger partial charge in [-0.15, -0.1) is 0 Å². The van der Waals surface area contributed by atoms with E-state index < -0.39 is 0 Å². The molecule has 0 radical (unpaired) electrons. The summed E-state index contributed by atoms with van der Waals surface area (Å²) in [5.74, 6) is 0.488. The van der Waals surface area contributed by atoms with E-state index in [0.29, 0.717) is 17.9 Å². The topological polar surface area (TPSA) is 121 Å². The van der Waals surface area contributed by atoms with Gasteiger partial charge in [-0.2, -0.15) is 10.5 Å². The summed E-state index contributed by atoms with van der Waals surface area (Å²) >= 11 is 9.32. The second-order valence-electron chi connectivity index (χ2n) is 4.24. The Bertz CT molecular complexity index is 567. The van der Waals surface area contributed by atoms with Crippen molar-refractivity contribution < 1.29 is 4.74 Å². The predicted molar refractivity (Wildman–Crippen MR) is 100 cm³/mol. The average molecular weight is 354 g/mol. The molecule has 0 aromatic carbocycles. The molecule has 0 amide bonds. The molecule has 0 rings (SSSR count). The first-order valence-corrected chi connectivity index (χ1v) is 7.76. The van der Waals surface area contributed by atoms with Gasteiger partial charge in [0.2, 0.25) is 0 Å². The van der Waals surface area contributed by atoms with Crippen LogP contribution in [0.15, 0.2) is 22.6 Å². The van der Waals surface area contributed by atoms with Crippen LogP contribution in [0.25, 0.3) is 0 Å². The summed E-state index contributed by atoms with van der Waals surface area (Å²) in [5, 5.41) is 20.2. The minimum absolute atomic E-state index is 0.0819. The molecule has 0 spiro atoms. The van der Waals surface area contributed by atoms with Crippen LogP contribution in [0.3, 0.4) is 0 Å². The summed E-state index contributed by atoms with van der Waals surface area (Å²) in [6.45, 7) is 8.69. The quantitative estimate of drug-likeness (QED) is 0.275. The number of hydrogen-bond donors (Lipinski definition) is 3. The Balaban J connectivity index is 0. The Hall–Kier alpha value is -2.16. The number of nitrogens with one attached hydrogen (secondary N) is 1. The molecule has 8 heteroatoms. The van der Waals surface area contributed by atoms with Crippen LogP contribution in [0.1, 0.15) is 34.1 Å². The molecule has 0 atom stereocenters. The minimum atomic E-state index is 0.0819. The summed E-state index contributed by atoms with van der Waals surface area (Å²) in [6.07, 6.45) is 1.01. The third kappa shape index (κ3) is 10.2. The van der Waals surface area contributed by atoms with E-state index in [2.05, 4.69) is 17.5 Å². The maximum Gasteiger partial charge on any atom is 0.123 e. The fraction of sp³-hybridized carbons (Fsp3) is 0.467. The Morgan fingerprint density at radius 1 is 1.04 bits per heavy atom. The molecule has 0 saturated carbocycles. The molecule has 0 aliphatic carbocycles. The molecule has 0 aromatic heterocycles. The Labute approximate surface area is 148 Å². The zero-order chi connectivity index (χ0) is 18.4. The van der Waals surface area contributed by atoms with Gasteiger partial charge in [0, 0.05) is 12.2 Å². The molecular weight excluding hydrogens is 330 g/mol. The van der Waals surface area contributed by atoms with E-state index in [1.54, 1.807) is 13.8 Å². The highest BCUT2D eigenvalue weighted by molar-refractivity contribution is 7.81. The van der Waals surface area contributed by atoms with Crippen LogP contribution in [0, 0.1) is 22.7 Å². The fourth-order valence-corrected chi connectivity index (χ4v) is 1.71. The molecule has 0 saturated heterocycles. The highest BCUT2D eigenvalue weighted by Crippen LogP contribution is 2.04. The lowest BCUT2D eigenvalue weighted by Gasteiger charge is -2.06. The molecule has 126 valence electrons. The third-order valence-electron chi connectivity index (χ3n) is 2.44. The standard InChI is InChI=1S/C8H13N3S.C7H10N2OS/c1-3-4-11-6(2)7(5-9)8(10)12;1-3-10-5(2)6(4-8)7(9)11/h11H,3-4H2,1-2H3,(H2,10,12);3H2,1-2H3,(H2,9,11)/b7-6-;6-5-. The number of allylic oxidation sites excluding steroid dienone is 2. The highest BCUT2D eigenvalue weighted by atomic mass is 32.1. The smallest absolute Gasteiger partial charge is 0.123 e. The fourth-order valence-electron chi connectivity index (χ4n) is 1.32. The van der Waals surface area contributed by atoms with Gasteiger partial charge in [0.25, 0.3) is 0 Å². The Kier molecular flexibility index (Phi) is 13.6. The second-order valence-corrected chi connectivity index (χ2v) is 5.12. The molecule has 0 heterocycles. The van der Waals surface area contributed by atoms with Crippen molar-refractivity contribution in [1.82, 2.24) is 5.32 Å². The zero-order valence-electron chi connectivity index (χ0n) is 13.9.